The summed E-state index contributed by atoms with van der Waals surface area (Å²) in [6.45, 7) is 2.01. The molecule has 1 amide bonds. The topological polar surface area (TPSA) is 97.0 Å². The quantitative estimate of drug-likeness (QED) is 0.226. The lowest BCUT2D eigenvalue weighted by Gasteiger charge is -2.11. The number of pyridine rings is 2. The van der Waals surface area contributed by atoms with E-state index in [1.165, 1.54) is 12.3 Å². The largest absolute Gasteiger partial charge is 0.488 e. The first kappa shape index (κ1) is 27.4. The van der Waals surface area contributed by atoms with Gasteiger partial charge in [-0.15, -0.1) is 11.3 Å². The number of alkyl halides is 3. The number of aromatic amines is 1. The number of hydrogen-bond donors (Lipinski definition) is 2. The maximum atomic E-state index is 13.1. The van der Waals surface area contributed by atoms with Crippen LogP contribution in [0.2, 0.25) is 5.02 Å². The minimum atomic E-state index is -4.62. The highest BCUT2D eigenvalue weighted by molar-refractivity contribution is 7.17. The highest BCUT2D eigenvalue weighted by atomic mass is 35.5. The molecule has 12 heteroatoms. The molecule has 0 bridgehead atoms. The average Bonchev–Trinajstić information content (AvgIpc) is 3.31. The van der Waals surface area contributed by atoms with Crippen molar-refractivity contribution in [1.29, 1.82) is 0 Å². The van der Waals surface area contributed by atoms with E-state index in [1.54, 1.807) is 25.1 Å². The number of rotatable bonds is 7. The molecule has 2 aromatic carbocycles. The number of thiazole rings is 1. The number of benzene rings is 2. The minimum Gasteiger partial charge on any atom is -0.488 e. The number of aromatic nitrogens is 3. The van der Waals surface area contributed by atoms with E-state index in [9.17, 15) is 22.8 Å². The van der Waals surface area contributed by atoms with Crippen molar-refractivity contribution in [3.63, 3.8) is 0 Å². The Morgan fingerprint density at radius 3 is 2.60 bits per heavy atom. The van der Waals surface area contributed by atoms with E-state index in [0.717, 1.165) is 23.0 Å². The first-order valence-electron chi connectivity index (χ1n) is 11.9. The Morgan fingerprint density at radius 1 is 1.07 bits per heavy atom. The fraction of sp³-hybridized carbons (Fsp3) is 0.143. The minimum absolute atomic E-state index is 0.0154. The summed E-state index contributed by atoms with van der Waals surface area (Å²) >= 11 is 7.19. The standard InChI is InChI=1S/C28H20ClF3N4O3S/c1-15-24(26(38)34-13-16-5-3-2-4-6-16)40-27(35-15)23-21(9-10-33-25(23)37)39-14-17-7-8-20-18(11-17)19(29)12-22(36-20)28(30,31)32/h2-12H,13-14H2,1H3,(H,33,37)(H,34,38). The SMILES string of the molecule is Cc1nc(-c2c(OCc3ccc4nc(C(F)(F)F)cc(Cl)c4c3)cc[nH]c2=O)sc1C(=O)NCc1ccccc1. The van der Waals surface area contributed by atoms with Crippen molar-refractivity contribution in [3.05, 3.63) is 110 Å². The number of H-pyrrole nitrogens is 1. The summed E-state index contributed by atoms with van der Waals surface area (Å²) in [5.41, 5.74) is 0.736. The number of nitrogens with one attached hydrogen (secondary N) is 2. The summed E-state index contributed by atoms with van der Waals surface area (Å²) in [5.74, 6) is -0.0826. The number of fused-ring (bicyclic) bond motifs is 1. The lowest BCUT2D eigenvalue weighted by atomic mass is 10.1. The summed E-state index contributed by atoms with van der Waals surface area (Å²) in [7, 11) is 0. The van der Waals surface area contributed by atoms with Crippen LogP contribution in [0.15, 0.2) is 71.7 Å². The number of nitrogens with zero attached hydrogens (tertiary/aromatic N) is 2. The fourth-order valence-electron chi connectivity index (χ4n) is 3.98. The van der Waals surface area contributed by atoms with E-state index in [1.807, 2.05) is 30.3 Å². The Kier molecular flexibility index (Phi) is 7.59. The summed E-state index contributed by atoms with van der Waals surface area (Å²) in [5, 5.41) is 3.42. The first-order valence-corrected chi connectivity index (χ1v) is 13.1. The molecule has 40 heavy (non-hydrogen) atoms. The van der Waals surface area contributed by atoms with Crippen LogP contribution in [0, 0.1) is 6.92 Å². The van der Waals surface area contributed by atoms with E-state index in [0.29, 0.717) is 33.1 Å². The molecule has 3 heterocycles. The van der Waals surface area contributed by atoms with Crippen molar-refractivity contribution in [2.45, 2.75) is 26.3 Å². The molecule has 0 saturated carbocycles. The van der Waals surface area contributed by atoms with Crippen LogP contribution >= 0.6 is 22.9 Å². The molecule has 0 unspecified atom stereocenters. The third kappa shape index (κ3) is 5.85. The van der Waals surface area contributed by atoms with Gasteiger partial charge in [-0.1, -0.05) is 48.0 Å². The van der Waals surface area contributed by atoms with E-state index in [-0.39, 0.29) is 34.4 Å². The molecular formula is C28H20ClF3N4O3S. The normalized spacial score (nSPS) is 11.5. The van der Waals surface area contributed by atoms with Crippen molar-refractivity contribution in [1.82, 2.24) is 20.3 Å². The van der Waals surface area contributed by atoms with Gasteiger partial charge in [-0.25, -0.2) is 9.97 Å². The molecule has 204 valence electrons. The highest BCUT2D eigenvalue weighted by Crippen LogP contribution is 2.34. The lowest BCUT2D eigenvalue weighted by Crippen LogP contribution is -2.22. The van der Waals surface area contributed by atoms with Gasteiger partial charge in [0.05, 0.1) is 16.2 Å². The third-order valence-corrected chi connectivity index (χ3v) is 7.43. The molecule has 0 spiro atoms. The second-order valence-electron chi connectivity index (χ2n) is 8.78. The Hall–Kier alpha value is -4.22. The van der Waals surface area contributed by atoms with Gasteiger partial charge in [-0.05, 0) is 42.3 Å². The van der Waals surface area contributed by atoms with Gasteiger partial charge >= 0.3 is 6.18 Å². The second kappa shape index (κ2) is 11.1. The van der Waals surface area contributed by atoms with E-state index in [2.05, 4.69) is 20.3 Å². The third-order valence-electron chi connectivity index (χ3n) is 5.94. The maximum Gasteiger partial charge on any atom is 0.433 e. The van der Waals surface area contributed by atoms with E-state index >= 15 is 0 Å². The molecular weight excluding hydrogens is 565 g/mol. The molecule has 0 aliphatic rings. The number of carbonyl (C=O) groups excluding carboxylic acids is 1. The number of hydrogen-bond acceptors (Lipinski definition) is 6. The predicted molar refractivity (Wildman–Crippen MR) is 147 cm³/mol. The first-order chi connectivity index (χ1) is 19.1. The molecule has 5 aromatic rings. The van der Waals surface area contributed by atoms with Crippen LogP contribution in [0.1, 0.15) is 32.2 Å². The van der Waals surface area contributed by atoms with Gasteiger partial charge in [-0.2, -0.15) is 13.2 Å². The zero-order valence-corrected chi connectivity index (χ0v) is 22.4. The van der Waals surface area contributed by atoms with Gasteiger partial charge < -0.3 is 15.0 Å². The Labute approximate surface area is 234 Å². The Bertz CT molecular complexity index is 1770. The van der Waals surface area contributed by atoms with Gasteiger partial charge in [0.15, 0.2) is 0 Å². The number of carbonyl (C=O) groups is 1. The Balaban J connectivity index is 1.37. The highest BCUT2D eigenvalue weighted by Gasteiger charge is 2.33. The molecule has 0 aliphatic heterocycles. The number of amides is 1. The van der Waals surface area contributed by atoms with Crippen molar-refractivity contribution < 1.29 is 22.7 Å². The maximum absolute atomic E-state index is 13.1. The van der Waals surface area contributed by atoms with Crippen LogP contribution in [-0.2, 0) is 19.3 Å². The molecule has 0 radical (unpaired) electrons. The van der Waals surface area contributed by atoms with Crippen molar-refractivity contribution >= 4 is 39.7 Å². The molecule has 0 aliphatic carbocycles. The molecule has 5 rings (SSSR count). The number of aryl methyl sites for hydroxylation is 1. The Morgan fingerprint density at radius 2 is 1.85 bits per heavy atom. The van der Waals surface area contributed by atoms with Gasteiger partial charge in [0.2, 0.25) is 0 Å². The molecule has 7 nitrogen and oxygen atoms in total. The van der Waals surface area contributed by atoms with E-state index < -0.39 is 17.4 Å². The van der Waals surface area contributed by atoms with Crippen molar-refractivity contribution in [2.24, 2.45) is 0 Å². The number of halogens is 4. The predicted octanol–water partition coefficient (Wildman–Crippen LogP) is 6.54. The van der Waals surface area contributed by atoms with Crippen LogP contribution < -0.4 is 15.6 Å². The second-order valence-corrected chi connectivity index (χ2v) is 10.2. The smallest absolute Gasteiger partial charge is 0.433 e. The van der Waals surface area contributed by atoms with Gasteiger partial charge in [0.25, 0.3) is 11.5 Å². The molecule has 0 saturated heterocycles. The van der Waals surface area contributed by atoms with Crippen LogP contribution in [0.3, 0.4) is 0 Å². The van der Waals surface area contributed by atoms with Crippen LogP contribution in [0.5, 0.6) is 5.75 Å². The zero-order chi connectivity index (χ0) is 28.4. The van der Waals surface area contributed by atoms with Gasteiger partial charge in [-0.3, -0.25) is 9.59 Å². The molecule has 2 N–H and O–H groups in total. The van der Waals surface area contributed by atoms with Crippen LogP contribution in [-0.4, -0.2) is 20.9 Å². The summed E-state index contributed by atoms with van der Waals surface area (Å²) in [4.78, 5) is 36.7. The van der Waals surface area contributed by atoms with Gasteiger partial charge in [0.1, 0.15) is 33.5 Å². The molecule has 0 fully saturated rings. The van der Waals surface area contributed by atoms with Crippen molar-refractivity contribution in [3.8, 4) is 16.3 Å². The summed E-state index contributed by atoms with van der Waals surface area (Å²) in [6, 6.07) is 16.4. The van der Waals surface area contributed by atoms with Crippen molar-refractivity contribution in [2.75, 3.05) is 0 Å². The average molecular weight is 585 g/mol. The zero-order valence-electron chi connectivity index (χ0n) is 20.8. The van der Waals surface area contributed by atoms with E-state index in [4.69, 9.17) is 16.3 Å². The molecule has 0 atom stereocenters. The number of ether oxygens (including phenoxy) is 1. The fourth-order valence-corrected chi connectivity index (χ4v) is 5.27. The monoisotopic (exact) mass is 584 g/mol. The van der Waals surface area contributed by atoms with Crippen LogP contribution in [0.25, 0.3) is 21.5 Å². The summed E-state index contributed by atoms with van der Waals surface area (Å²) in [6.07, 6.45) is -3.19. The molecule has 3 aromatic heterocycles. The van der Waals surface area contributed by atoms with Gasteiger partial charge in [0, 0.05) is 18.1 Å². The lowest BCUT2D eigenvalue weighted by molar-refractivity contribution is -0.140. The summed E-state index contributed by atoms with van der Waals surface area (Å²) < 4.78 is 45.2. The van der Waals surface area contributed by atoms with Crippen LogP contribution in [0.4, 0.5) is 13.2 Å².